The lowest BCUT2D eigenvalue weighted by atomic mass is 9.94. The molecular formula is C28H26FN3O3. The van der Waals surface area contributed by atoms with Crippen molar-refractivity contribution in [2.45, 2.75) is 38.8 Å². The van der Waals surface area contributed by atoms with Crippen molar-refractivity contribution < 1.29 is 18.8 Å². The minimum absolute atomic E-state index is 0.203. The summed E-state index contributed by atoms with van der Waals surface area (Å²) in [5.41, 5.74) is 5.45. The van der Waals surface area contributed by atoms with Gasteiger partial charge in [0.1, 0.15) is 11.9 Å². The molecule has 0 bridgehead atoms. The van der Waals surface area contributed by atoms with E-state index in [2.05, 4.69) is 30.5 Å². The van der Waals surface area contributed by atoms with E-state index in [4.69, 9.17) is 0 Å². The fourth-order valence-corrected chi connectivity index (χ4v) is 4.92. The molecule has 2 aliphatic heterocycles. The molecule has 2 aliphatic rings. The highest BCUT2D eigenvalue weighted by molar-refractivity contribution is 6.10. The topological polar surface area (TPSA) is 78.5 Å². The summed E-state index contributed by atoms with van der Waals surface area (Å²) in [6.45, 7) is 4.44. The van der Waals surface area contributed by atoms with Crippen LogP contribution < -0.4 is 10.6 Å². The summed E-state index contributed by atoms with van der Waals surface area (Å²) in [5, 5.41) is 5.80. The molecule has 1 fully saturated rings. The maximum atomic E-state index is 13.5. The molecule has 3 aromatic rings. The van der Waals surface area contributed by atoms with Crippen LogP contribution in [0.5, 0.6) is 0 Å². The van der Waals surface area contributed by atoms with Gasteiger partial charge in [0.15, 0.2) is 0 Å². The Labute approximate surface area is 203 Å². The van der Waals surface area contributed by atoms with Crippen LogP contribution in [0.1, 0.15) is 44.7 Å². The average molecular weight is 472 g/mol. The van der Waals surface area contributed by atoms with Crippen molar-refractivity contribution in [1.82, 2.24) is 10.2 Å². The van der Waals surface area contributed by atoms with Crippen LogP contribution in [0.2, 0.25) is 0 Å². The van der Waals surface area contributed by atoms with Gasteiger partial charge in [0, 0.05) is 18.2 Å². The molecule has 0 radical (unpaired) electrons. The molecule has 35 heavy (non-hydrogen) atoms. The molecule has 6 nitrogen and oxygen atoms in total. The summed E-state index contributed by atoms with van der Waals surface area (Å²) in [7, 11) is 0. The van der Waals surface area contributed by atoms with Crippen molar-refractivity contribution in [3.05, 3.63) is 88.7 Å². The Morgan fingerprint density at radius 3 is 2.63 bits per heavy atom. The first-order chi connectivity index (χ1) is 16.8. The Morgan fingerprint density at radius 1 is 1.03 bits per heavy atom. The number of carbonyl (C=O) groups excluding carboxylic acids is 3. The van der Waals surface area contributed by atoms with Gasteiger partial charge in [0.25, 0.3) is 11.8 Å². The number of nitrogens with one attached hydrogen (secondary N) is 2. The Hall–Kier alpha value is -4.00. The SMILES string of the molecule is Cc1cccc(-c2ccc3c(c2)C(=O)N2CC[C@H](NC(=O)c4cccc(F)c4)C[C@H]2C(=O)N3)c1C. The Morgan fingerprint density at radius 2 is 1.83 bits per heavy atom. The second kappa shape index (κ2) is 8.98. The standard InChI is InChI=1S/C28H26FN3O3/c1-16-5-3-8-22(17(16)2)18-9-10-24-23(14-18)28(35)32-12-11-21(15-25(32)27(34)31-24)30-26(33)19-6-4-7-20(29)13-19/h3-10,13-14,21,25H,11-12,15H2,1-2H3,(H,30,33)(H,31,34)/t21-,25-/m0/s1. The molecule has 2 atom stereocenters. The van der Waals surface area contributed by atoms with Crippen LogP contribution in [0.4, 0.5) is 10.1 Å². The van der Waals surface area contributed by atoms with Crippen molar-refractivity contribution in [2.75, 3.05) is 11.9 Å². The Bertz CT molecular complexity index is 1350. The van der Waals surface area contributed by atoms with Gasteiger partial charge in [0.05, 0.1) is 11.3 Å². The molecule has 2 N–H and O–H groups in total. The van der Waals surface area contributed by atoms with Crippen molar-refractivity contribution >= 4 is 23.4 Å². The molecular weight excluding hydrogens is 445 g/mol. The highest BCUT2D eigenvalue weighted by Crippen LogP contribution is 2.33. The van der Waals surface area contributed by atoms with E-state index >= 15 is 0 Å². The van der Waals surface area contributed by atoms with Crippen molar-refractivity contribution in [1.29, 1.82) is 0 Å². The largest absolute Gasteiger partial charge is 0.349 e. The predicted molar refractivity (Wildman–Crippen MR) is 132 cm³/mol. The van der Waals surface area contributed by atoms with E-state index in [-0.39, 0.29) is 29.8 Å². The first-order valence-electron chi connectivity index (χ1n) is 11.7. The first-order valence-corrected chi connectivity index (χ1v) is 11.7. The van der Waals surface area contributed by atoms with Gasteiger partial charge in [-0.2, -0.15) is 0 Å². The average Bonchev–Trinajstić information content (AvgIpc) is 2.95. The fraction of sp³-hybridized carbons (Fsp3) is 0.250. The summed E-state index contributed by atoms with van der Waals surface area (Å²) in [6, 6.07) is 16.1. The maximum Gasteiger partial charge on any atom is 0.256 e. The minimum atomic E-state index is -0.703. The van der Waals surface area contributed by atoms with E-state index < -0.39 is 17.8 Å². The molecule has 0 aliphatic carbocycles. The Kier molecular flexibility index (Phi) is 5.84. The minimum Gasteiger partial charge on any atom is -0.349 e. The van der Waals surface area contributed by atoms with Crippen molar-refractivity contribution in [2.24, 2.45) is 0 Å². The van der Waals surface area contributed by atoms with Crippen molar-refractivity contribution in [3.8, 4) is 11.1 Å². The maximum absolute atomic E-state index is 13.5. The highest BCUT2D eigenvalue weighted by Gasteiger charge is 2.40. The summed E-state index contributed by atoms with van der Waals surface area (Å²) < 4.78 is 13.5. The Balaban J connectivity index is 1.38. The van der Waals surface area contributed by atoms with Gasteiger partial charge in [-0.3, -0.25) is 14.4 Å². The highest BCUT2D eigenvalue weighted by atomic mass is 19.1. The molecule has 5 rings (SSSR count). The third-order valence-electron chi connectivity index (χ3n) is 7.01. The number of halogens is 1. The third kappa shape index (κ3) is 4.30. The number of carbonyl (C=O) groups is 3. The van der Waals surface area contributed by atoms with E-state index in [9.17, 15) is 18.8 Å². The third-order valence-corrected chi connectivity index (χ3v) is 7.01. The van der Waals surface area contributed by atoms with Crippen LogP contribution in [0.3, 0.4) is 0 Å². The number of hydrogen-bond donors (Lipinski definition) is 2. The van der Waals surface area contributed by atoms with Crippen LogP contribution in [-0.2, 0) is 4.79 Å². The number of aryl methyl sites for hydroxylation is 1. The van der Waals surface area contributed by atoms with Gasteiger partial charge < -0.3 is 15.5 Å². The molecule has 178 valence electrons. The van der Waals surface area contributed by atoms with Crippen LogP contribution in [0, 0.1) is 19.7 Å². The fourth-order valence-electron chi connectivity index (χ4n) is 4.92. The monoisotopic (exact) mass is 471 g/mol. The molecule has 2 heterocycles. The summed E-state index contributed by atoms with van der Waals surface area (Å²) >= 11 is 0. The smallest absolute Gasteiger partial charge is 0.256 e. The van der Waals surface area contributed by atoms with Gasteiger partial charge >= 0.3 is 0 Å². The van der Waals surface area contributed by atoms with E-state index in [0.717, 1.165) is 16.7 Å². The van der Waals surface area contributed by atoms with Crippen LogP contribution in [0.25, 0.3) is 11.1 Å². The first kappa shape index (κ1) is 22.8. The molecule has 3 amide bonds. The van der Waals surface area contributed by atoms with Gasteiger partial charge in [-0.05, 0) is 79.3 Å². The molecule has 0 saturated carbocycles. The molecule has 0 aromatic heterocycles. The molecule has 1 saturated heterocycles. The molecule has 0 unspecified atom stereocenters. The molecule has 7 heteroatoms. The zero-order valence-electron chi connectivity index (χ0n) is 19.6. The van der Waals surface area contributed by atoms with Gasteiger partial charge in [0.2, 0.25) is 5.91 Å². The lowest BCUT2D eigenvalue weighted by molar-refractivity contribution is -0.121. The number of benzene rings is 3. The second-order valence-electron chi connectivity index (χ2n) is 9.22. The molecule has 0 spiro atoms. The van der Waals surface area contributed by atoms with Gasteiger partial charge in [-0.1, -0.05) is 30.3 Å². The number of nitrogens with zero attached hydrogens (tertiary/aromatic N) is 1. The lowest BCUT2D eigenvalue weighted by Crippen LogP contribution is -2.55. The van der Waals surface area contributed by atoms with E-state index in [1.54, 1.807) is 17.0 Å². The zero-order chi connectivity index (χ0) is 24.7. The number of hydrogen-bond acceptors (Lipinski definition) is 3. The van der Waals surface area contributed by atoms with Gasteiger partial charge in [-0.15, -0.1) is 0 Å². The van der Waals surface area contributed by atoms with Crippen LogP contribution in [0.15, 0.2) is 60.7 Å². The normalized spacial score (nSPS) is 19.3. The summed E-state index contributed by atoms with van der Waals surface area (Å²) in [4.78, 5) is 40.8. The second-order valence-corrected chi connectivity index (χ2v) is 9.22. The van der Waals surface area contributed by atoms with Gasteiger partial charge in [-0.25, -0.2) is 4.39 Å². The van der Waals surface area contributed by atoms with Crippen LogP contribution >= 0.6 is 0 Å². The summed E-state index contributed by atoms with van der Waals surface area (Å²) in [5.74, 6) is -1.37. The summed E-state index contributed by atoms with van der Waals surface area (Å²) in [6.07, 6.45) is 0.791. The van der Waals surface area contributed by atoms with E-state index in [1.165, 1.54) is 23.8 Å². The number of piperidine rings is 1. The number of fused-ring (bicyclic) bond motifs is 2. The quantitative estimate of drug-likeness (QED) is 0.592. The zero-order valence-corrected chi connectivity index (χ0v) is 19.6. The van der Waals surface area contributed by atoms with Crippen molar-refractivity contribution in [3.63, 3.8) is 0 Å². The van der Waals surface area contributed by atoms with E-state index in [0.29, 0.717) is 24.2 Å². The number of rotatable bonds is 3. The lowest BCUT2D eigenvalue weighted by Gasteiger charge is -2.37. The number of anilines is 1. The van der Waals surface area contributed by atoms with Crippen LogP contribution in [-0.4, -0.2) is 41.2 Å². The molecule has 3 aromatic carbocycles. The van der Waals surface area contributed by atoms with E-state index in [1.807, 2.05) is 24.3 Å². The number of amides is 3. The predicted octanol–water partition coefficient (Wildman–Crippen LogP) is 4.46.